The van der Waals surface area contributed by atoms with E-state index in [4.69, 9.17) is 4.18 Å². The largest absolute Gasteiger partial charge is 0.772 e. The molecule has 0 saturated heterocycles. The highest BCUT2D eigenvalue weighted by molar-refractivity contribution is 7.87. The molecule has 2 N–H and O–H groups in total. The summed E-state index contributed by atoms with van der Waals surface area (Å²) in [5.41, 5.74) is 0.779. The summed E-state index contributed by atoms with van der Waals surface area (Å²) in [5, 5.41) is 12.0. The number of benzene rings is 2. The van der Waals surface area contributed by atoms with Crippen LogP contribution in [0, 0.1) is 6.92 Å². The van der Waals surface area contributed by atoms with Crippen molar-refractivity contribution in [3.8, 4) is 5.75 Å². The van der Waals surface area contributed by atoms with Gasteiger partial charge in [-0.3, -0.25) is 13.2 Å². The van der Waals surface area contributed by atoms with E-state index >= 15 is 0 Å². The molecule has 2 aromatic carbocycles. The second-order valence-corrected chi connectivity index (χ2v) is 10.1. The molecule has 0 spiro atoms. The molecule has 1 aromatic heterocycles. The molecular formula is C19H18N2O9S3-2. The number of para-hydroxylation sites is 1. The van der Waals surface area contributed by atoms with Gasteiger partial charge in [0.2, 0.25) is 0 Å². The van der Waals surface area contributed by atoms with Crippen LogP contribution in [-0.2, 0) is 49.4 Å². The van der Waals surface area contributed by atoms with E-state index in [0.29, 0.717) is 0 Å². The molecule has 0 amide bonds. The van der Waals surface area contributed by atoms with Crippen LogP contribution >= 0.6 is 0 Å². The predicted molar refractivity (Wildman–Crippen MR) is 119 cm³/mol. The van der Waals surface area contributed by atoms with Crippen molar-refractivity contribution in [2.24, 2.45) is 0 Å². The molecule has 2 unspecified atom stereocenters. The fourth-order valence-corrected chi connectivity index (χ4v) is 5.51. The average Bonchev–Trinajstić information content (AvgIpc) is 2.98. The molecule has 178 valence electrons. The minimum absolute atomic E-state index is 0.0850. The van der Waals surface area contributed by atoms with Gasteiger partial charge in [0.25, 0.3) is 0 Å². The molecule has 11 nitrogen and oxygen atoms in total. The first-order chi connectivity index (χ1) is 15.5. The zero-order valence-electron chi connectivity index (χ0n) is 17.0. The Labute approximate surface area is 194 Å². The molecule has 0 aliphatic rings. The van der Waals surface area contributed by atoms with Crippen LogP contribution in [0.25, 0.3) is 10.9 Å². The summed E-state index contributed by atoms with van der Waals surface area (Å²) in [6.07, 6.45) is 0. The first-order valence-electron chi connectivity index (χ1n) is 9.22. The number of nitrogens with one attached hydrogen (secondary N) is 1. The number of anilines is 1. The number of carboxylic acid groups (broad SMARTS) is 1. The monoisotopic (exact) mass is 514 g/mol. The van der Waals surface area contributed by atoms with Crippen LogP contribution in [-0.4, -0.2) is 47.5 Å². The van der Waals surface area contributed by atoms with E-state index in [1.165, 1.54) is 54.0 Å². The fourth-order valence-electron chi connectivity index (χ4n) is 3.35. The van der Waals surface area contributed by atoms with Gasteiger partial charge in [0.15, 0.2) is 0 Å². The number of hydrogen-bond donors (Lipinski definition) is 2. The number of nitrogens with zero attached hydrogens (tertiary/aromatic N) is 1. The lowest BCUT2D eigenvalue weighted by Gasteiger charge is -2.13. The van der Waals surface area contributed by atoms with E-state index in [0.717, 1.165) is 0 Å². The van der Waals surface area contributed by atoms with Gasteiger partial charge in [-0.2, -0.15) is 8.42 Å². The van der Waals surface area contributed by atoms with Gasteiger partial charge in [-0.25, -0.2) is 0 Å². The van der Waals surface area contributed by atoms with Crippen LogP contribution in [0.5, 0.6) is 5.75 Å². The van der Waals surface area contributed by atoms with Gasteiger partial charge < -0.3 is 28.3 Å². The van der Waals surface area contributed by atoms with E-state index in [2.05, 4.69) is 5.32 Å². The van der Waals surface area contributed by atoms with Crippen molar-refractivity contribution in [1.82, 2.24) is 4.57 Å². The Bertz CT molecular complexity index is 1370. The number of carbonyl (C=O) groups is 1. The third-order valence-electron chi connectivity index (χ3n) is 4.65. The number of hydrogen-bond acceptors (Lipinski definition) is 9. The highest BCUT2D eigenvalue weighted by Crippen LogP contribution is 2.34. The molecule has 0 fully saturated rings. The van der Waals surface area contributed by atoms with Gasteiger partial charge in [-0.15, -0.1) is 0 Å². The molecular weight excluding hydrogens is 496 g/mol. The molecule has 3 rings (SSSR count). The van der Waals surface area contributed by atoms with Gasteiger partial charge in [0, 0.05) is 28.1 Å². The predicted octanol–water partition coefficient (Wildman–Crippen LogP) is 1.43. The standard InChI is InChI=1S/C19H20N2O9S3/c1-12-19(33(28,29)30-17-5-3-2-4-13(17)10-31(24)25)15-8-14(20-11-32(26)27)6-7-16(15)21(12)9-18(22)23/h2-8,20H,9-11H2,1H3,(H,22,23)(H,24,25)(H,26,27)/p-2. The van der Waals surface area contributed by atoms with Crippen LogP contribution in [0.1, 0.15) is 11.3 Å². The molecule has 0 radical (unpaired) electrons. The van der Waals surface area contributed by atoms with Crippen molar-refractivity contribution in [2.45, 2.75) is 24.1 Å². The van der Waals surface area contributed by atoms with Gasteiger partial charge in [0.05, 0.1) is 11.4 Å². The zero-order valence-corrected chi connectivity index (χ0v) is 19.5. The highest BCUT2D eigenvalue weighted by Gasteiger charge is 2.28. The van der Waals surface area contributed by atoms with E-state index < -0.39 is 56.4 Å². The summed E-state index contributed by atoms with van der Waals surface area (Å²) in [6.45, 7) is 0.887. The summed E-state index contributed by atoms with van der Waals surface area (Å²) in [6, 6.07) is 10.1. The van der Waals surface area contributed by atoms with Crippen molar-refractivity contribution in [3.05, 3.63) is 53.7 Å². The lowest BCUT2D eigenvalue weighted by atomic mass is 10.2. The van der Waals surface area contributed by atoms with Gasteiger partial charge >= 0.3 is 16.1 Å². The summed E-state index contributed by atoms with van der Waals surface area (Å²) in [5.74, 6) is -2.27. The molecule has 3 aromatic rings. The fraction of sp³-hybridized carbons (Fsp3) is 0.211. The van der Waals surface area contributed by atoms with Crippen LogP contribution in [0.4, 0.5) is 5.69 Å². The number of carboxylic acids is 1. The Kier molecular flexibility index (Phi) is 7.54. The summed E-state index contributed by atoms with van der Waals surface area (Å²) >= 11 is -4.89. The second kappa shape index (κ2) is 10.0. The third-order valence-corrected chi connectivity index (χ3v) is 6.99. The van der Waals surface area contributed by atoms with E-state index in [-0.39, 0.29) is 38.5 Å². The van der Waals surface area contributed by atoms with E-state index in [1.54, 1.807) is 0 Å². The Balaban J connectivity index is 2.16. The van der Waals surface area contributed by atoms with Gasteiger partial charge in [0.1, 0.15) is 17.2 Å². The van der Waals surface area contributed by atoms with Crippen molar-refractivity contribution in [1.29, 1.82) is 0 Å². The molecule has 0 aliphatic heterocycles. The van der Waals surface area contributed by atoms with Crippen LogP contribution in [0.15, 0.2) is 47.4 Å². The SMILES string of the molecule is Cc1c(S(=O)(=O)Oc2ccccc2CS(=O)[O-])c2cc(NCS(=O)[O-])ccc2n1CC(=O)O. The Morgan fingerprint density at radius 2 is 1.85 bits per heavy atom. The quantitative estimate of drug-likeness (QED) is 0.297. The molecule has 14 heteroatoms. The highest BCUT2D eigenvalue weighted by atomic mass is 32.2. The van der Waals surface area contributed by atoms with Crippen molar-refractivity contribution in [3.63, 3.8) is 0 Å². The molecule has 0 bridgehead atoms. The first kappa shape index (κ1) is 24.9. The summed E-state index contributed by atoms with van der Waals surface area (Å²) in [7, 11) is -4.56. The maximum atomic E-state index is 13.3. The smallest absolute Gasteiger partial charge is 0.341 e. The number of rotatable bonds is 10. The van der Waals surface area contributed by atoms with E-state index in [9.17, 15) is 35.8 Å². The van der Waals surface area contributed by atoms with Gasteiger partial charge in [-0.1, -0.05) is 29.3 Å². The van der Waals surface area contributed by atoms with E-state index in [1.807, 2.05) is 0 Å². The normalized spacial score (nSPS) is 13.5. The van der Waals surface area contributed by atoms with Crippen LogP contribution in [0.2, 0.25) is 0 Å². The molecule has 1 heterocycles. The maximum absolute atomic E-state index is 13.3. The summed E-state index contributed by atoms with van der Waals surface area (Å²) in [4.78, 5) is 11.0. The van der Waals surface area contributed by atoms with Crippen LogP contribution in [0.3, 0.4) is 0 Å². The number of aliphatic carboxylic acids is 1. The minimum atomic E-state index is -4.56. The topological polar surface area (TPSA) is 178 Å². The molecule has 0 saturated carbocycles. The average molecular weight is 515 g/mol. The summed E-state index contributed by atoms with van der Waals surface area (Å²) < 4.78 is 77.1. The maximum Gasteiger partial charge on any atom is 0.341 e. The molecule has 2 atom stereocenters. The van der Waals surface area contributed by atoms with Crippen molar-refractivity contribution >= 4 is 54.8 Å². The van der Waals surface area contributed by atoms with Crippen molar-refractivity contribution in [2.75, 3.05) is 11.2 Å². The Hall–Kier alpha value is -2.78. The Morgan fingerprint density at radius 1 is 1.15 bits per heavy atom. The Morgan fingerprint density at radius 3 is 2.48 bits per heavy atom. The third kappa shape index (κ3) is 5.78. The van der Waals surface area contributed by atoms with Crippen LogP contribution < -0.4 is 9.50 Å². The minimum Gasteiger partial charge on any atom is -0.772 e. The number of aromatic nitrogens is 1. The van der Waals surface area contributed by atoms with Crippen molar-refractivity contribution < 1.29 is 40.0 Å². The lowest BCUT2D eigenvalue weighted by molar-refractivity contribution is -0.137. The second-order valence-electron chi connectivity index (χ2n) is 6.84. The molecule has 0 aliphatic carbocycles. The lowest BCUT2D eigenvalue weighted by Crippen LogP contribution is -2.14. The zero-order chi connectivity index (χ0) is 24.3. The van der Waals surface area contributed by atoms with Gasteiger partial charge in [-0.05, 0) is 42.3 Å². The number of fused-ring (bicyclic) bond motifs is 1. The molecule has 33 heavy (non-hydrogen) atoms. The first-order valence-corrected chi connectivity index (χ1v) is 13.1.